The fourth-order valence-corrected chi connectivity index (χ4v) is 4.58. The monoisotopic (exact) mass is 372 g/mol. The van der Waals surface area contributed by atoms with Gasteiger partial charge in [0.15, 0.2) is 0 Å². The van der Waals surface area contributed by atoms with E-state index in [0.717, 1.165) is 44.6 Å². The third-order valence-corrected chi connectivity index (χ3v) is 6.10. The van der Waals surface area contributed by atoms with Crippen LogP contribution in [0.5, 0.6) is 0 Å². The molecule has 1 saturated heterocycles. The molecule has 1 amide bonds. The lowest BCUT2D eigenvalue weighted by molar-refractivity contribution is -0.129. The Morgan fingerprint density at radius 1 is 1.00 bits per heavy atom. The number of hydrogen-bond donors (Lipinski definition) is 1. The standard InChI is InChI=1S/C23H24N4O/c28-22(23(10-13-24-14-11-23)27-15-4-12-25-27)26-16-9-20-17-19(7-8-21(20)26)18-5-2-1-3-6-18/h1-8,12,15,17,24H,9-11,13-14,16H2. The normalized spacial score (nSPS) is 18.1. The van der Waals surface area contributed by atoms with Gasteiger partial charge in [-0.15, -0.1) is 0 Å². The second-order valence-corrected chi connectivity index (χ2v) is 7.65. The molecule has 0 spiro atoms. The quantitative estimate of drug-likeness (QED) is 0.768. The number of nitrogens with zero attached hydrogens (tertiary/aromatic N) is 3. The Morgan fingerprint density at radius 3 is 2.57 bits per heavy atom. The van der Waals surface area contributed by atoms with E-state index in [9.17, 15) is 4.79 Å². The summed E-state index contributed by atoms with van der Waals surface area (Å²) >= 11 is 0. The van der Waals surface area contributed by atoms with Crippen molar-refractivity contribution in [1.29, 1.82) is 0 Å². The molecule has 0 atom stereocenters. The molecule has 5 rings (SSSR count). The molecule has 0 bridgehead atoms. The number of amides is 1. The highest BCUT2D eigenvalue weighted by Gasteiger charge is 2.46. The van der Waals surface area contributed by atoms with E-state index in [4.69, 9.17) is 0 Å². The van der Waals surface area contributed by atoms with Crippen LogP contribution in [-0.2, 0) is 16.8 Å². The van der Waals surface area contributed by atoms with Gasteiger partial charge in [-0.05, 0) is 67.2 Å². The minimum absolute atomic E-state index is 0.170. The van der Waals surface area contributed by atoms with Crippen molar-refractivity contribution >= 4 is 11.6 Å². The minimum Gasteiger partial charge on any atom is -0.317 e. The summed E-state index contributed by atoms with van der Waals surface area (Å²) in [6, 6.07) is 18.8. The van der Waals surface area contributed by atoms with Crippen molar-refractivity contribution in [2.75, 3.05) is 24.5 Å². The van der Waals surface area contributed by atoms with Gasteiger partial charge in [-0.25, -0.2) is 0 Å². The molecule has 0 saturated carbocycles. The molecule has 142 valence electrons. The maximum atomic E-state index is 13.8. The maximum Gasteiger partial charge on any atom is 0.255 e. The van der Waals surface area contributed by atoms with Gasteiger partial charge in [0.1, 0.15) is 5.54 Å². The first kappa shape index (κ1) is 17.2. The van der Waals surface area contributed by atoms with E-state index in [2.05, 4.69) is 52.9 Å². The topological polar surface area (TPSA) is 50.2 Å². The second kappa shape index (κ2) is 6.91. The first-order chi connectivity index (χ1) is 13.8. The fraction of sp³-hybridized carbons (Fsp3) is 0.304. The molecule has 5 heteroatoms. The van der Waals surface area contributed by atoms with E-state index in [1.54, 1.807) is 6.20 Å². The molecule has 2 aliphatic heterocycles. The average Bonchev–Trinajstić information content (AvgIpc) is 3.44. The first-order valence-corrected chi connectivity index (χ1v) is 9.99. The van der Waals surface area contributed by atoms with Gasteiger partial charge >= 0.3 is 0 Å². The molecule has 0 radical (unpaired) electrons. The van der Waals surface area contributed by atoms with Gasteiger partial charge in [-0.3, -0.25) is 9.48 Å². The van der Waals surface area contributed by atoms with E-state index in [1.165, 1.54) is 16.7 Å². The van der Waals surface area contributed by atoms with Gasteiger partial charge < -0.3 is 10.2 Å². The van der Waals surface area contributed by atoms with E-state index in [1.807, 2.05) is 27.9 Å². The van der Waals surface area contributed by atoms with Crippen LogP contribution >= 0.6 is 0 Å². The largest absolute Gasteiger partial charge is 0.317 e. The molecule has 1 aromatic heterocycles. The number of fused-ring (bicyclic) bond motifs is 1. The number of piperidine rings is 1. The summed E-state index contributed by atoms with van der Waals surface area (Å²) in [6.07, 6.45) is 6.12. The summed E-state index contributed by atoms with van der Waals surface area (Å²) in [5.41, 5.74) is 4.13. The molecule has 2 aliphatic rings. The third kappa shape index (κ3) is 2.74. The second-order valence-electron chi connectivity index (χ2n) is 7.65. The van der Waals surface area contributed by atoms with Gasteiger partial charge in [0.25, 0.3) is 5.91 Å². The third-order valence-electron chi connectivity index (χ3n) is 6.10. The Labute approximate surface area is 165 Å². The van der Waals surface area contributed by atoms with Crippen LogP contribution < -0.4 is 10.2 Å². The molecular weight excluding hydrogens is 348 g/mol. The highest BCUT2D eigenvalue weighted by molar-refractivity contribution is 6.01. The molecule has 5 nitrogen and oxygen atoms in total. The summed E-state index contributed by atoms with van der Waals surface area (Å²) < 4.78 is 1.88. The van der Waals surface area contributed by atoms with Crippen molar-refractivity contribution in [3.8, 4) is 11.1 Å². The van der Waals surface area contributed by atoms with Gasteiger partial charge in [0.05, 0.1) is 0 Å². The zero-order valence-electron chi connectivity index (χ0n) is 15.8. The Hall–Kier alpha value is -2.92. The van der Waals surface area contributed by atoms with E-state index in [-0.39, 0.29) is 5.91 Å². The van der Waals surface area contributed by atoms with Crippen molar-refractivity contribution in [2.24, 2.45) is 0 Å². The Kier molecular flexibility index (Phi) is 4.24. The number of nitrogens with one attached hydrogen (secondary N) is 1. The predicted octanol–water partition coefficient (Wildman–Crippen LogP) is 3.22. The summed E-state index contributed by atoms with van der Waals surface area (Å²) in [4.78, 5) is 15.8. The Morgan fingerprint density at radius 2 is 1.82 bits per heavy atom. The molecular formula is C23H24N4O. The van der Waals surface area contributed by atoms with Gasteiger partial charge in [0, 0.05) is 24.6 Å². The SMILES string of the molecule is O=C(N1CCc2cc(-c3ccccc3)ccc21)C1(n2cccn2)CCNCC1. The van der Waals surface area contributed by atoms with Crippen molar-refractivity contribution in [3.05, 3.63) is 72.6 Å². The molecule has 0 aliphatic carbocycles. The lowest BCUT2D eigenvalue weighted by atomic mass is 9.86. The highest BCUT2D eigenvalue weighted by atomic mass is 16.2. The van der Waals surface area contributed by atoms with Crippen LogP contribution in [0.15, 0.2) is 67.0 Å². The predicted molar refractivity (Wildman–Crippen MR) is 110 cm³/mol. The molecule has 0 unspecified atom stereocenters. The van der Waals surface area contributed by atoms with Crippen molar-refractivity contribution in [2.45, 2.75) is 24.8 Å². The molecule has 28 heavy (non-hydrogen) atoms. The fourth-order valence-electron chi connectivity index (χ4n) is 4.58. The zero-order chi connectivity index (χ0) is 19.0. The molecule has 1 fully saturated rings. The van der Waals surface area contributed by atoms with E-state index >= 15 is 0 Å². The van der Waals surface area contributed by atoms with Crippen LogP contribution in [0.25, 0.3) is 11.1 Å². The summed E-state index contributed by atoms with van der Waals surface area (Å²) in [7, 11) is 0. The summed E-state index contributed by atoms with van der Waals surface area (Å²) in [5, 5.41) is 7.84. The maximum absolute atomic E-state index is 13.8. The van der Waals surface area contributed by atoms with Crippen LogP contribution in [0, 0.1) is 0 Å². The zero-order valence-corrected chi connectivity index (χ0v) is 15.8. The molecule has 2 aromatic carbocycles. The number of carbonyl (C=O) groups excluding carboxylic acids is 1. The lowest BCUT2D eigenvalue weighted by Gasteiger charge is -2.39. The van der Waals surface area contributed by atoms with E-state index in [0.29, 0.717) is 0 Å². The van der Waals surface area contributed by atoms with Crippen LogP contribution in [0.4, 0.5) is 5.69 Å². The number of rotatable bonds is 3. The first-order valence-electron chi connectivity index (χ1n) is 9.99. The molecule has 3 heterocycles. The average molecular weight is 372 g/mol. The smallest absolute Gasteiger partial charge is 0.255 e. The van der Waals surface area contributed by atoms with Crippen LogP contribution in [0.3, 0.4) is 0 Å². The number of benzene rings is 2. The minimum atomic E-state index is -0.589. The number of carbonyl (C=O) groups is 1. The Bertz CT molecular complexity index is 975. The van der Waals surface area contributed by atoms with Crippen molar-refractivity contribution in [3.63, 3.8) is 0 Å². The summed E-state index contributed by atoms with van der Waals surface area (Å²) in [6.45, 7) is 2.40. The number of anilines is 1. The van der Waals surface area contributed by atoms with Crippen LogP contribution in [0.1, 0.15) is 18.4 Å². The highest BCUT2D eigenvalue weighted by Crippen LogP contribution is 2.37. The van der Waals surface area contributed by atoms with Crippen LogP contribution in [-0.4, -0.2) is 35.3 Å². The number of hydrogen-bond acceptors (Lipinski definition) is 3. The lowest BCUT2D eigenvalue weighted by Crippen LogP contribution is -2.55. The van der Waals surface area contributed by atoms with E-state index < -0.39 is 5.54 Å². The Balaban J connectivity index is 1.49. The summed E-state index contributed by atoms with van der Waals surface area (Å²) in [5.74, 6) is 0.170. The number of aromatic nitrogens is 2. The molecule has 1 N–H and O–H groups in total. The van der Waals surface area contributed by atoms with Gasteiger partial charge in [-0.2, -0.15) is 5.10 Å². The van der Waals surface area contributed by atoms with Gasteiger partial charge in [-0.1, -0.05) is 36.4 Å². The van der Waals surface area contributed by atoms with Gasteiger partial charge in [0.2, 0.25) is 0 Å². The molecule has 3 aromatic rings. The van der Waals surface area contributed by atoms with Crippen molar-refractivity contribution < 1.29 is 4.79 Å². The van der Waals surface area contributed by atoms with Crippen LogP contribution in [0.2, 0.25) is 0 Å². The van der Waals surface area contributed by atoms with Crippen molar-refractivity contribution in [1.82, 2.24) is 15.1 Å².